The summed E-state index contributed by atoms with van der Waals surface area (Å²) in [6.45, 7) is 1.01. The summed E-state index contributed by atoms with van der Waals surface area (Å²) in [5.41, 5.74) is 1.94. The van der Waals surface area contributed by atoms with Gasteiger partial charge in [-0.05, 0) is 66.9 Å². The van der Waals surface area contributed by atoms with Crippen LogP contribution in [0, 0.1) is 5.82 Å². The fourth-order valence-electron chi connectivity index (χ4n) is 3.90. The van der Waals surface area contributed by atoms with Gasteiger partial charge in [0.05, 0.1) is 12.1 Å². The number of likely N-dealkylation sites (tertiary alicyclic amines) is 1. The second-order valence-electron chi connectivity index (χ2n) is 8.47. The predicted octanol–water partition coefficient (Wildman–Crippen LogP) is 4.19. The third-order valence-corrected chi connectivity index (χ3v) is 5.87. The maximum atomic E-state index is 13.1. The molecule has 4 rings (SSSR count). The first-order valence-electron chi connectivity index (χ1n) is 11.5. The highest BCUT2D eigenvalue weighted by Gasteiger charge is 2.29. The second-order valence-corrected chi connectivity index (χ2v) is 8.47. The molecule has 0 radical (unpaired) electrons. The molecule has 182 valence electrons. The minimum atomic E-state index is -0.781. The minimum absolute atomic E-state index is 0.151. The van der Waals surface area contributed by atoms with Gasteiger partial charge in [-0.15, -0.1) is 0 Å². The van der Waals surface area contributed by atoms with Crippen LogP contribution in [-0.4, -0.2) is 47.2 Å². The van der Waals surface area contributed by atoms with Crippen LogP contribution in [0.3, 0.4) is 0 Å². The van der Waals surface area contributed by atoms with Crippen molar-refractivity contribution in [2.24, 2.45) is 0 Å². The van der Waals surface area contributed by atoms with Crippen molar-refractivity contribution in [2.45, 2.75) is 31.6 Å². The van der Waals surface area contributed by atoms with Crippen molar-refractivity contribution < 1.29 is 23.8 Å². The zero-order chi connectivity index (χ0) is 24.6. The maximum Gasteiger partial charge on any atom is 0.321 e. The first-order valence-corrected chi connectivity index (χ1v) is 11.5. The van der Waals surface area contributed by atoms with Crippen molar-refractivity contribution in [2.75, 3.05) is 18.4 Å². The molecule has 0 spiro atoms. The van der Waals surface area contributed by atoms with Crippen molar-refractivity contribution in [1.29, 1.82) is 0 Å². The number of hydrogen-bond acceptors (Lipinski definition) is 4. The van der Waals surface area contributed by atoms with E-state index in [0.717, 1.165) is 5.56 Å². The van der Waals surface area contributed by atoms with Crippen LogP contribution in [0.15, 0.2) is 78.9 Å². The van der Waals surface area contributed by atoms with Crippen LogP contribution in [0.5, 0.6) is 5.75 Å². The highest BCUT2D eigenvalue weighted by molar-refractivity contribution is 5.94. The molecule has 8 heteroatoms. The number of halogens is 1. The molecule has 3 aromatic rings. The number of hydrogen-bond donors (Lipinski definition) is 3. The maximum absolute atomic E-state index is 13.1. The fraction of sp³-hybridized carbons (Fsp3) is 0.259. The topological polar surface area (TPSA) is 90.9 Å². The molecule has 0 aliphatic carbocycles. The Bertz CT molecular complexity index is 1120. The van der Waals surface area contributed by atoms with Crippen LogP contribution >= 0.6 is 0 Å². The van der Waals surface area contributed by atoms with Crippen LogP contribution in [0.25, 0.3) is 0 Å². The SMILES string of the molecule is O=C(N[C@@H]1CN(C(=O)Nc2ccc(F)cc2)CCC[C@H]1O)c1ccc(OCc2ccccc2)cc1. The third-order valence-electron chi connectivity index (χ3n) is 5.87. The van der Waals surface area contributed by atoms with Gasteiger partial charge in [0.1, 0.15) is 18.2 Å². The number of nitrogens with one attached hydrogen (secondary N) is 2. The smallest absolute Gasteiger partial charge is 0.321 e. The van der Waals surface area contributed by atoms with Gasteiger partial charge in [-0.1, -0.05) is 30.3 Å². The molecule has 0 saturated carbocycles. The Morgan fingerprint density at radius 3 is 2.43 bits per heavy atom. The second kappa shape index (κ2) is 11.5. The van der Waals surface area contributed by atoms with E-state index >= 15 is 0 Å². The van der Waals surface area contributed by atoms with Gasteiger partial charge in [-0.2, -0.15) is 0 Å². The molecule has 1 aliphatic heterocycles. The molecular weight excluding hydrogens is 449 g/mol. The van der Waals surface area contributed by atoms with E-state index in [0.29, 0.717) is 43.0 Å². The number of benzene rings is 3. The van der Waals surface area contributed by atoms with Crippen LogP contribution < -0.4 is 15.4 Å². The van der Waals surface area contributed by atoms with Gasteiger partial charge in [0.25, 0.3) is 5.91 Å². The number of nitrogens with zero attached hydrogens (tertiary/aromatic N) is 1. The van der Waals surface area contributed by atoms with Crippen LogP contribution in [-0.2, 0) is 6.61 Å². The summed E-state index contributed by atoms with van der Waals surface area (Å²) < 4.78 is 18.9. The summed E-state index contributed by atoms with van der Waals surface area (Å²) in [5, 5.41) is 16.1. The van der Waals surface area contributed by atoms with Gasteiger partial charge in [0.15, 0.2) is 0 Å². The Kier molecular flexibility index (Phi) is 7.95. The summed E-state index contributed by atoms with van der Waals surface area (Å²) in [5.74, 6) is -0.0903. The van der Waals surface area contributed by atoms with E-state index < -0.39 is 12.1 Å². The van der Waals surface area contributed by atoms with E-state index in [2.05, 4.69) is 10.6 Å². The lowest BCUT2D eigenvalue weighted by Crippen LogP contribution is -2.50. The molecule has 3 N–H and O–H groups in total. The standard InChI is InChI=1S/C27H28FN3O4/c28-21-10-12-22(13-11-21)29-27(34)31-16-4-7-25(32)24(17-31)30-26(33)20-8-14-23(15-9-20)35-18-19-5-2-1-3-6-19/h1-3,5-6,8-15,24-25,32H,4,7,16-18H2,(H,29,34)(H,30,33)/t24-,25-/m1/s1. The van der Waals surface area contributed by atoms with E-state index in [1.54, 1.807) is 29.2 Å². The van der Waals surface area contributed by atoms with Crippen molar-refractivity contribution in [3.05, 3.63) is 95.8 Å². The molecule has 0 aromatic heterocycles. The van der Waals surface area contributed by atoms with Crippen molar-refractivity contribution >= 4 is 17.6 Å². The molecule has 7 nitrogen and oxygen atoms in total. The molecule has 1 heterocycles. The van der Waals surface area contributed by atoms with Gasteiger partial charge in [-0.3, -0.25) is 4.79 Å². The minimum Gasteiger partial charge on any atom is -0.489 e. The van der Waals surface area contributed by atoms with Crippen LogP contribution in [0.1, 0.15) is 28.8 Å². The quantitative estimate of drug-likeness (QED) is 0.497. The van der Waals surface area contributed by atoms with E-state index in [-0.39, 0.29) is 24.3 Å². The summed E-state index contributed by atoms with van der Waals surface area (Å²) in [4.78, 5) is 27.1. The lowest BCUT2D eigenvalue weighted by Gasteiger charge is -2.27. The van der Waals surface area contributed by atoms with Gasteiger partial charge >= 0.3 is 6.03 Å². The number of urea groups is 1. The number of carbonyl (C=O) groups is 2. The Morgan fingerprint density at radius 2 is 1.71 bits per heavy atom. The van der Waals surface area contributed by atoms with E-state index in [4.69, 9.17) is 4.74 Å². The molecular formula is C27H28FN3O4. The monoisotopic (exact) mass is 477 g/mol. The van der Waals surface area contributed by atoms with Gasteiger partial charge in [0.2, 0.25) is 0 Å². The van der Waals surface area contributed by atoms with Crippen molar-refractivity contribution in [3.63, 3.8) is 0 Å². The van der Waals surface area contributed by atoms with Gasteiger partial charge in [0, 0.05) is 24.3 Å². The summed E-state index contributed by atoms with van der Waals surface area (Å²) in [7, 11) is 0. The summed E-state index contributed by atoms with van der Waals surface area (Å²) in [6.07, 6.45) is 0.270. The van der Waals surface area contributed by atoms with Gasteiger partial charge in [-0.25, -0.2) is 9.18 Å². The first-order chi connectivity index (χ1) is 17.0. The average Bonchev–Trinajstić information content (AvgIpc) is 3.06. The Balaban J connectivity index is 1.34. The Labute approximate surface area is 203 Å². The average molecular weight is 478 g/mol. The molecule has 1 aliphatic rings. The lowest BCUT2D eigenvalue weighted by molar-refractivity contribution is 0.0811. The molecule has 3 aromatic carbocycles. The van der Waals surface area contributed by atoms with E-state index in [9.17, 15) is 19.1 Å². The normalized spacial score (nSPS) is 17.8. The Morgan fingerprint density at radius 1 is 1.00 bits per heavy atom. The predicted molar refractivity (Wildman–Crippen MR) is 131 cm³/mol. The lowest BCUT2D eigenvalue weighted by atomic mass is 10.1. The number of ether oxygens (including phenoxy) is 1. The van der Waals surface area contributed by atoms with Gasteiger partial charge < -0.3 is 25.4 Å². The molecule has 0 unspecified atom stereocenters. The zero-order valence-corrected chi connectivity index (χ0v) is 19.2. The largest absolute Gasteiger partial charge is 0.489 e. The summed E-state index contributed by atoms with van der Waals surface area (Å²) >= 11 is 0. The number of amides is 3. The number of anilines is 1. The van der Waals surface area contributed by atoms with Crippen LogP contribution in [0.2, 0.25) is 0 Å². The molecule has 1 saturated heterocycles. The van der Waals surface area contributed by atoms with Crippen LogP contribution in [0.4, 0.5) is 14.9 Å². The highest BCUT2D eigenvalue weighted by Crippen LogP contribution is 2.17. The third kappa shape index (κ3) is 6.80. The molecule has 3 amide bonds. The zero-order valence-electron chi connectivity index (χ0n) is 19.2. The number of aliphatic hydroxyl groups excluding tert-OH is 1. The molecule has 2 atom stereocenters. The molecule has 1 fully saturated rings. The van der Waals surface area contributed by atoms with E-state index in [1.807, 2.05) is 30.3 Å². The number of rotatable bonds is 6. The van der Waals surface area contributed by atoms with Crippen molar-refractivity contribution in [3.8, 4) is 5.75 Å². The molecule has 35 heavy (non-hydrogen) atoms. The number of carbonyl (C=O) groups excluding carboxylic acids is 2. The summed E-state index contributed by atoms with van der Waals surface area (Å²) in [6, 6.07) is 21.1. The van der Waals surface area contributed by atoms with E-state index in [1.165, 1.54) is 24.3 Å². The van der Waals surface area contributed by atoms with Crippen molar-refractivity contribution in [1.82, 2.24) is 10.2 Å². The number of aliphatic hydroxyl groups is 1. The highest BCUT2D eigenvalue weighted by atomic mass is 19.1. The Hall–Kier alpha value is -3.91. The fourth-order valence-corrected chi connectivity index (χ4v) is 3.90. The first kappa shape index (κ1) is 24.2. The molecule has 0 bridgehead atoms.